The van der Waals surface area contributed by atoms with Gasteiger partial charge in [-0.2, -0.15) is 5.10 Å². The first-order chi connectivity index (χ1) is 14.8. The Balaban J connectivity index is 1.61. The molecule has 0 saturated carbocycles. The van der Waals surface area contributed by atoms with Gasteiger partial charge in [-0.3, -0.25) is 19.5 Å². The number of nitrogens with zero attached hydrogens (tertiary/aromatic N) is 2. The van der Waals surface area contributed by atoms with Crippen LogP contribution in [0.25, 0.3) is 0 Å². The van der Waals surface area contributed by atoms with Gasteiger partial charge in [-0.25, -0.2) is 0 Å². The molecule has 8 heteroatoms. The summed E-state index contributed by atoms with van der Waals surface area (Å²) in [6.07, 6.45) is 5.70. The van der Waals surface area contributed by atoms with E-state index in [1.807, 2.05) is 11.0 Å². The van der Waals surface area contributed by atoms with Gasteiger partial charge < -0.3 is 15.2 Å². The lowest BCUT2D eigenvalue weighted by Gasteiger charge is -2.36. The van der Waals surface area contributed by atoms with E-state index in [4.69, 9.17) is 0 Å². The number of fused-ring (bicyclic) bond motifs is 2. The standard InChI is InChI=1S/C23H31N5O3/c1-14(2)6-8-23(22(31)24-13-16-7-9-25-27-16)12-17-4-5-20(23)28(17)21(30)19-11-18(29)10-15(3)26-19/h7,9-11,14,17,20H,4-6,8,12-13H2,1-3H3,(H,24,31)(H,25,27)(H,26,29)/t17-,20+,23+/m1/s1. The molecule has 4 heterocycles. The zero-order valence-electron chi connectivity index (χ0n) is 18.4. The molecule has 0 spiro atoms. The van der Waals surface area contributed by atoms with Crippen LogP contribution in [0.1, 0.15) is 67.8 Å². The summed E-state index contributed by atoms with van der Waals surface area (Å²) in [5.74, 6) is 0.292. The quantitative estimate of drug-likeness (QED) is 0.633. The first-order valence-electron chi connectivity index (χ1n) is 11.1. The summed E-state index contributed by atoms with van der Waals surface area (Å²) in [5.41, 5.74) is 1.02. The predicted octanol–water partition coefficient (Wildman–Crippen LogP) is 2.52. The Labute approximate surface area is 181 Å². The van der Waals surface area contributed by atoms with E-state index in [2.05, 4.69) is 34.3 Å². The number of aromatic amines is 2. The zero-order chi connectivity index (χ0) is 22.2. The van der Waals surface area contributed by atoms with E-state index in [0.717, 1.165) is 31.4 Å². The van der Waals surface area contributed by atoms with E-state index in [0.29, 0.717) is 30.3 Å². The van der Waals surface area contributed by atoms with Crippen LogP contribution in [-0.4, -0.2) is 44.0 Å². The fourth-order valence-corrected chi connectivity index (χ4v) is 5.33. The second-order valence-electron chi connectivity index (χ2n) is 9.43. The van der Waals surface area contributed by atoms with Crippen LogP contribution in [0.3, 0.4) is 0 Å². The van der Waals surface area contributed by atoms with E-state index < -0.39 is 5.41 Å². The third-order valence-corrected chi connectivity index (χ3v) is 6.80. The first kappa shape index (κ1) is 21.3. The van der Waals surface area contributed by atoms with E-state index in [-0.39, 0.29) is 29.3 Å². The summed E-state index contributed by atoms with van der Waals surface area (Å²) in [6.45, 7) is 6.47. The Morgan fingerprint density at radius 1 is 1.32 bits per heavy atom. The molecular formula is C23H31N5O3. The maximum absolute atomic E-state index is 13.5. The van der Waals surface area contributed by atoms with Crippen molar-refractivity contribution >= 4 is 11.8 Å². The van der Waals surface area contributed by atoms with Gasteiger partial charge in [0.15, 0.2) is 5.43 Å². The predicted molar refractivity (Wildman–Crippen MR) is 116 cm³/mol. The lowest BCUT2D eigenvalue weighted by atomic mass is 9.69. The first-order valence-corrected chi connectivity index (χ1v) is 11.1. The molecule has 31 heavy (non-hydrogen) atoms. The van der Waals surface area contributed by atoms with E-state index >= 15 is 0 Å². The molecule has 2 aromatic heterocycles. The summed E-state index contributed by atoms with van der Waals surface area (Å²) in [6, 6.07) is 4.54. The highest BCUT2D eigenvalue weighted by Crippen LogP contribution is 2.53. The van der Waals surface area contributed by atoms with Crippen LogP contribution in [-0.2, 0) is 11.3 Å². The van der Waals surface area contributed by atoms with Crippen molar-refractivity contribution in [1.29, 1.82) is 0 Å². The molecule has 2 aliphatic heterocycles. The van der Waals surface area contributed by atoms with Gasteiger partial charge in [0.05, 0.1) is 17.7 Å². The second kappa shape index (κ2) is 8.32. The van der Waals surface area contributed by atoms with Gasteiger partial charge in [-0.05, 0) is 51.0 Å². The second-order valence-corrected chi connectivity index (χ2v) is 9.43. The van der Waals surface area contributed by atoms with Crippen LogP contribution in [0.5, 0.6) is 0 Å². The number of carbonyl (C=O) groups excluding carboxylic acids is 2. The highest BCUT2D eigenvalue weighted by molar-refractivity contribution is 5.95. The van der Waals surface area contributed by atoms with Crippen molar-refractivity contribution in [2.45, 2.75) is 71.5 Å². The van der Waals surface area contributed by atoms with E-state index in [9.17, 15) is 14.4 Å². The van der Waals surface area contributed by atoms with Crippen LogP contribution >= 0.6 is 0 Å². The van der Waals surface area contributed by atoms with Crippen LogP contribution in [0.4, 0.5) is 0 Å². The molecule has 2 aliphatic rings. The number of hydrogen-bond donors (Lipinski definition) is 3. The van der Waals surface area contributed by atoms with Gasteiger partial charge in [0, 0.05) is 36.1 Å². The van der Waals surface area contributed by atoms with E-state index in [1.54, 1.807) is 13.1 Å². The number of nitrogens with one attached hydrogen (secondary N) is 3. The Bertz CT molecular complexity index is 1010. The third kappa shape index (κ3) is 4.03. The lowest BCUT2D eigenvalue weighted by Crippen LogP contribution is -2.50. The summed E-state index contributed by atoms with van der Waals surface area (Å²) < 4.78 is 0. The molecular weight excluding hydrogens is 394 g/mol. The van der Waals surface area contributed by atoms with Gasteiger partial charge >= 0.3 is 0 Å². The summed E-state index contributed by atoms with van der Waals surface area (Å²) in [4.78, 5) is 43.8. The number of H-pyrrole nitrogens is 2. The summed E-state index contributed by atoms with van der Waals surface area (Å²) in [7, 11) is 0. The normalized spacial score (nSPS) is 24.7. The molecule has 2 aromatic rings. The Morgan fingerprint density at radius 3 is 2.81 bits per heavy atom. The molecule has 2 fully saturated rings. The number of aryl methyl sites for hydroxylation is 1. The van der Waals surface area contributed by atoms with Crippen molar-refractivity contribution in [1.82, 2.24) is 25.4 Å². The highest BCUT2D eigenvalue weighted by atomic mass is 16.2. The van der Waals surface area contributed by atoms with Crippen LogP contribution < -0.4 is 10.7 Å². The van der Waals surface area contributed by atoms with Crippen LogP contribution in [0, 0.1) is 18.3 Å². The number of pyridine rings is 1. The molecule has 0 aromatic carbocycles. The van der Waals surface area contributed by atoms with Crippen molar-refractivity contribution in [3.8, 4) is 0 Å². The minimum Gasteiger partial charge on any atom is -0.354 e. The Morgan fingerprint density at radius 2 is 2.13 bits per heavy atom. The average Bonchev–Trinajstić information content (AvgIpc) is 3.45. The molecule has 0 radical (unpaired) electrons. The molecule has 3 N–H and O–H groups in total. The molecule has 2 saturated heterocycles. The number of rotatable bonds is 7. The minimum absolute atomic E-state index is 0.00508. The fraction of sp³-hybridized carbons (Fsp3) is 0.565. The van der Waals surface area contributed by atoms with Gasteiger partial charge in [-0.15, -0.1) is 0 Å². The Kier molecular flexibility index (Phi) is 5.73. The average molecular weight is 426 g/mol. The zero-order valence-corrected chi connectivity index (χ0v) is 18.4. The van der Waals surface area contributed by atoms with E-state index in [1.165, 1.54) is 12.1 Å². The summed E-state index contributed by atoms with van der Waals surface area (Å²) >= 11 is 0. The summed E-state index contributed by atoms with van der Waals surface area (Å²) in [5, 5.41) is 9.90. The van der Waals surface area contributed by atoms with Crippen molar-refractivity contribution in [3.05, 3.63) is 51.7 Å². The molecule has 4 rings (SSSR count). The monoisotopic (exact) mass is 425 g/mol. The van der Waals surface area contributed by atoms with Crippen molar-refractivity contribution < 1.29 is 9.59 Å². The highest BCUT2D eigenvalue weighted by Gasteiger charge is 2.60. The number of hydrogen-bond acceptors (Lipinski definition) is 4. The van der Waals surface area contributed by atoms with Crippen molar-refractivity contribution in [2.75, 3.05) is 0 Å². The molecule has 166 valence electrons. The number of carbonyl (C=O) groups is 2. The van der Waals surface area contributed by atoms with Crippen molar-refractivity contribution in [2.24, 2.45) is 11.3 Å². The van der Waals surface area contributed by atoms with Crippen LogP contribution in [0.15, 0.2) is 29.2 Å². The van der Waals surface area contributed by atoms with Gasteiger partial charge in [0.25, 0.3) is 5.91 Å². The maximum Gasteiger partial charge on any atom is 0.270 e. The SMILES string of the molecule is Cc1cc(=O)cc(C(=O)N2[C@@H]3CC[C@H]2[C@@](CCC(C)C)(C(=O)NCc2ccn[nH]2)C3)[nH]1. The Hall–Kier alpha value is -2.90. The molecule has 2 bridgehead atoms. The molecule has 2 amide bonds. The van der Waals surface area contributed by atoms with Gasteiger partial charge in [0.2, 0.25) is 5.91 Å². The van der Waals surface area contributed by atoms with Gasteiger partial charge in [-0.1, -0.05) is 13.8 Å². The van der Waals surface area contributed by atoms with Crippen molar-refractivity contribution in [3.63, 3.8) is 0 Å². The smallest absolute Gasteiger partial charge is 0.270 e. The number of aromatic nitrogens is 3. The molecule has 0 aliphatic carbocycles. The maximum atomic E-state index is 13.5. The fourth-order valence-electron chi connectivity index (χ4n) is 5.33. The topological polar surface area (TPSA) is 111 Å². The number of amides is 2. The molecule has 8 nitrogen and oxygen atoms in total. The largest absolute Gasteiger partial charge is 0.354 e. The molecule has 3 atom stereocenters. The minimum atomic E-state index is -0.604. The lowest BCUT2D eigenvalue weighted by molar-refractivity contribution is -0.133. The van der Waals surface area contributed by atoms with Gasteiger partial charge in [0.1, 0.15) is 5.69 Å². The third-order valence-electron chi connectivity index (χ3n) is 6.80. The molecule has 0 unspecified atom stereocenters. The van der Waals surface area contributed by atoms with Crippen LogP contribution in [0.2, 0.25) is 0 Å².